The Bertz CT molecular complexity index is 228. The van der Waals surface area contributed by atoms with E-state index in [1.165, 1.54) is 32.4 Å². The molecule has 0 aromatic heterocycles. The molecule has 1 N–H and O–H groups in total. The van der Waals surface area contributed by atoms with Gasteiger partial charge in [-0.05, 0) is 56.5 Å². The summed E-state index contributed by atoms with van der Waals surface area (Å²) >= 11 is 0. The van der Waals surface area contributed by atoms with Gasteiger partial charge in [0.25, 0.3) is 0 Å². The summed E-state index contributed by atoms with van der Waals surface area (Å²) in [4.78, 5) is 2.64. The second-order valence-electron chi connectivity index (χ2n) is 7.04. The third-order valence-corrected chi connectivity index (χ3v) is 4.39. The summed E-state index contributed by atoms with van der Waals surface area (Å²) in [5, 5.41) is 10.0. The third kappa shape index (κ3) is 4.24. The average Bonchev–Trinajstić information content (AvgIpc) is 2.27. The highest BCUT2D eigenvalue weighted by molar-refractivity contribution is 4.92. The van der Waals surface area contributed by atoms with Gasteiger partial charge in [-0.15, -0.1) is 0 Å². The first-order valence-electron chi connectivity index (χ1n) is 7.82. The van der Waals surface area contributed by atoms with E-state index in [4.69, 9.17) is 0 Å². The van der Waals surface area contributed by atoms with Crippen LogP contribution in [-0.4, -0.2) is 35.2 Å². The van der Waals surface area contributed by atoms with Crippen LogP contribution in [0.5, 0.6) is 0 Å². The Kier molecular flexibility index (Phi) is 6.13. The van der Waals surface area contributed by atoms with Gasteiger partial charge in [-0.3, -0.25) is 0 Å². The molecular weight excluding hydrogens is 222 g/mol. The van der Waals surface area contributed by atoms with Crippen LogP contribution in [0.15, 0.2) is 0 Å². The molecule has 0 heterocycles. The molecule has 2 nitrogen and oxygen atoms in total. The van der Waals surface area contributed by atoms with Crippen molar-refractivity contribution >= 4 is 0 Å². The summed E-state index contributed by atoms with van der Waals surface area (Å²) in [6.45, 7) is 14.0. The molecule has 0 radical (unpaired) electrons. The summed E-state index contributed by atoms with van der Waals surface area (Å²) in [6, 6.07) is 0.577. The zero-order valence-corrected chi connectivity index (χ0v) is 13.1. The van der Waals surface area contributed by atoms with Crippen molar-refractivity contribution in [1.29, 1.82) is 0 Å². The maximum Gasteiger partial charge on any atom is 0.0555 e. The smallest absolute Gasteiger partial charge is 0.0555 e. The number of hydrogen-bond acceptors (Lipinski definition) is 2. The first-order chi connectivity index (χ1) is 8.40. The molecule has 108 valence electrons. The number of aliphatic hydroxyl groups excluding tert-OH is 1. The predicted molar refractivity (Wildman–Crippen MR) is 78.7 cm³/mol. The van der Waals surface area contributed by atoms with E-state index in [0.717, 1.165) is 18.8 Å². The Hall–Kier alpha value is -0.0800. The Morgan fingerprint density at radius 3 is 2.06 bits per heavy atom. The van der Waals surface area contributed by atoms with Crippen molar-refractivity contribution in [1.82, 2.24) is 4.90 Å². The van der Waals surface area contributed by atoms with Crippen LogP contribution in [0.3, 0.4) is 0 Å². The van der Waals surface area contributed by atoms with Crippen LogP contribution in [0.2, 0.25) is 0 Å². The van der Waals surface area contributed by atoms with Crippen molar-refractivity contribution in [2.75, 3.05) is 13.1 Å². The van der Waals surface area contributed by atoms with Crippen molar-refractivity contribution in [3.63, 3.8) is 0 Å². The quantitative estimate of drug-likeness (QED) is 0.810. The van der Waals surface area contributed by atoms with E-state index in [1.54, 1.807) is 0 Å². The summed E-state index contributed by atoms with van der Waals surface area (Å²) < 4.78 is 0. The summed E-state index contributed by atoms with van der Waals surface area (Å²) in [6.07, 6.45) is 5.49. The lowest BCUT2D eigenvalue weighted by Crippen LogP contribution is -2.50. The minimum Gasteiger partial charge on any atom is -0.393 e. The zero-order valence-electron chi connectivity index (χ0n) is 13.1. The van der Waals surface area contributed by atoms with Crippen LogP contribution in [0, 0.1) is 11.3 Å². The van der Waals surface area contributed by atoms with Crippen LogP contribution >= 0.6 is 0 Å². The summed E-state index contributed by atoms with van der Waals surface area (Å²) in [5.41, 5.74) is 0.352. The van der Waals surface area contributed by atoms with Gasteiger partial charge < -0.3 is 10.0 Å². The van der Waals surface area contributed by atoms with Crippen molar-refractivity contribution in [3.8, 4) is 0 Å². The fraction of sp³-hybridized carbons (Fsp3) is 1.00. The van der Waals surface area contributed by atoms with E-state index in [0.29, 0.717) is 11.5 Å². The molecular formula is C16H33NO. The molecule has 1 rings (SSSR count). The Morgan fingerprint density at radius 1 is 1.06 bits per heavy atom. The van der Waals surface area contributed by atoms with Gasteiger partial charge in [0.1, 0.15) is 0 Å². The molecule has 2 heteroatoms. The average molecular weight is 255 g/mol. The minimum absolute atomic E-state index is 0.0789. The molecule has 0 saturated heterocycles. The lowest BCUT2D eigenvalue weighted by atomic mass is 9.68. The first kappa shape index (κ1) is 16.0. The molecule has 1 aliphatic carbocycles. The molecule has 1 fully saturated rings. The highest BCUT2D eigenvalue weighted by atomic mass is 16.3. The van der Waals surface area contributed by atoms with Gasteiger partial charge in [-0.1, -0.05) is 34.6 Å². The van der Waals surface area contributed by atoms with E-state index in [-0.39, 0.29) is 6.10 Å². The monoisotopic (exact) mass is 255 g/mol. The molecule has 3 unspecified atom stereocenters. The van der Waals surface area contributed by atoms with Crippen LogP contribution in [0.25, 0.3) is 0 Å². The van der Waals surface area contributed by atoms with Crippen LogP contribution in [-0.2, 0) is 0 Å². The number of rotatable bonds is 5. The summed E-state index contributed by atoms with van der Waals surface area (Å²) in [7, 11) is 0. The maximum absolute atomic E-state index is 10.0. The van der Waals surface area contributed by atoms with Gasteiger partial charge in [-0.2, -0.15) is 0 Å². The Labute approximate surface area is 114 Å². The second-order valence-corrected chi connectivity index (χ2v) is 7.04. The van der Waals surface area contributed by atoms with Crippen molar-refractivity contribution in [3.05, 3.63) is 0 Å². The molecule has 1 saturated carbocycles. The molecule has 0 bridgehead atoms. The number of aliphatic hydroxyl groups is 1. The first-order valence-corrected chi connectivity index (χ1v) is 7.82. The van der Waals surface area contributed by atoms with Crippen molar-refractivity contribution in [2.45, 2.75) is 78.9 Å². The van der Waals surface area contributed by atoms with E-state index in [9.17, 15) is 5.11 Å². The molecule has 0 amide bonds. The molecule has 0 spiro atoms. The fourth-order valence-corrected chi connectivity index (χ4v) is 3.56. The molecule has 1 aliphatic rings. The van der Waals surface area contributed by atoms with Gasteiger partial charge in [0.2, 0.25) is 0 Å². The maximum atomic E-state index is 10.0. The van der Waals surface area contributed by atoms with Gasteiger partial charge in [0.15, 0.2) is 0 Å². The molecule has 0 aliphatic heterocycles. The molecule has 18 heavy (non-hydrogen) atoms. The topological polar surface area (TPSA) is 23.5 Å². The molecule has 3 atom stereocenters. The highest BCUT2D eigenvalue weighted by Gasteiger charge is 2.39. The largest absolute Gasteiger partial charge is 0.393 e. The Morgan fingerprint density at radius 2 is 1.61 bits per heavy atom. The van der Waals surface area contributed by atoms with Crippen LogP contribution < -0.4 is 0 Å². The summed E-state index contributed by atoms with van der Waals surface area (Å²) in [5.74, 6) is 0.721. The SMILES string of the molecule is CCCN(CCC)C1CC(O)CCC1C(C)(C)C. The number of nitrogens with zero attached hydrogens (tertiary/aromatic N) is 1. The van der Waals surface area contributed by atoms with Gasteiger partial charge >= 0.3 is 0 Å². The molecule has 0 aromatic rings. The van der Waals surface area contributed by atoms with Crippen molar-refractivity contribution < 1.29 is 5.11 Å². The highest BCUT2D eigenvalue weighted by Crippen LogP contribution is 2.40. The van der Waals surface area contributed by atoms with E-state index < -0.39 is 0 Å². The van der Waals surface area contributed by atoms with Crippen LogP contribution in [0.4, 0.5) is 0 Å². The van der Waals surface area contributed by atoms with Gasteiger partial charge in [0.05, 0.1) is 6.10 Å². The van der Waals surface area contributed by atoms with E-state index >= 15 is 0 Å². The lowest BCUT2D eigenvalue weighted by molar-refractivity contribution is -0.0117. The van der Waals surface area contributed by atoms with Crippen LogP contribution in [0.1, 0.15) is 66.7 Å². The third-order valence-electron chi connectivity index (χ3n) is 4.39. The van der Waals surface area contributed by atoms with E-state index in [2.05, 4.69) is 39.5 Å². The normalized spacial score (nSPS) is 29.8. The number of hydrogen-bond donors (Lipinski definition) is 1. The minimum atomic E-state index is -0.0789. The van der Waals surface area contributed by atoms with Crippen molar-refractivity contribution in [2.24, 2.45) is 11.3 Å². The predicted octanol–water partition coefficient (Wildman–Crippen LogP) is 3.68. The molecule has 0 aromatic carbocycles. The Balaban J connectivity index is 2.81. The zero-order chi connectivity index (χ0) is 13.8. The van der Waals surface area contributed by atoms with E-state index in [1.807, 2.05) is 0 Å². The lowest BCUT2D eigenvalue weighted by Gasteiger charge is -2.47. The standard InChI is InChI=1S/C16H33NO/c1-6-10-17(11-7-2)15-12-13(18)8-9-14(15)16(3,4)5/h13-15,18H,6-12H2,1-5H3. The van der Waals surface area contributed by atoms with Gasteiger partial charge in [-0.25, -0.2) is 0 Å². The van der Waals surface area contributed by atoms with Gasteiger partial charge in [0, 0.05) is 6.04 Å². The second kappa shape index (κ2) is 6.91. The fourth-order valence-electron chi connectivity index (χ4n) is 3.56.